The Morgan fingerprint density at radius 2 is 1.23 bits per heavy atom. The summed E-state index contributed by atoms with van der Waals surface area (Å²) in [6.45, 7) is 2.05. The SMILES string of the molecule is CC1CCC(c2cc(F)c(/C(F)=C(\F)c3cc(F)c(C(F)(F)F)c(F)c3)c(F)c2)CC1. The quantitative estimate of drug-likeness (QED) is 0.325. The van der Waals surface area contributed by atoms with Gasteiger partial charge in [-0.3, -0.25) is 0 Å². The number of halogens is 9. The maximum atomic E-state index is 14.5. The molecule has 1 fully saturated rings. The molecule has 0 atom stereocenters. The van der Waals surface area contributed by atoms with Crippen molar-refractivity contribution >= 4 is 11.7 Å². The molecule has 0 unspecified atom stereocenters. The van der Waals surface area contributed by atoms with Crippen molar-refractivity contribution in [1.29, 1.82) is 0 Å². The van der Waals surface area contributed by atoms with Crippen molar-refractivity contribution in [2.24, 2.45) is 5.92 Å². The van der Waals surface area contributed by atoms with Gasteiger partial charge in [-0.15, -0.1) is 0 Å². The number of rotatable bonds is 3. The van der Waals surface area contributed by atoms with Gasteiger partial charge in [0.1, 0.15) is 28.8 Å². The van der Waals surface area contributed by atoms with Gasteiger partial charge in [0.2, 0.25) is 0 Å². The van der Waals surface area contributed by atoms with Gasteiger partial charge in [-0.05, 0) is 54.5 Å². The predicted octanol–water partition coefficient (Wildman–Crippen LogP) is 8.32. The minimum Gasteiger partial charge on any atom is -0.206 e. The van der Waals surface area contributed by atoms with E-state index in [2.05, 4.69) is 6.92 Å². The Morgan fingerprint density at radius 1 is 0.742 bits per heavy atom. The first kappa shape index (κ1) is 23.2. The Labute approximate surface area is 172 Å². The van der Waals surface area contributed by atoms with E-state index in [1.165, 1.54) is 0 Å². The van der Waals surface area contributed by atoms with E-state index in [4.69, 9.17) is 0 Å². The molecule has 1 aliphatic carbocycles. The first-order valence-corrected chi connectivity index (χ1v) is 9.51. The van der Waals surface area contributed by atoms with Gasteiger partial charge in [-0.1, -0.05) is 19.8 Å². The van der Waals surface area contributed by atoms with E-state index in [9.17, 15) is 39.5 Å². The van der Waals surface area contributed by atoms with Gasteiger partial charge in [0, 0.05) is 5.56 Å². The fraction of sp³-hybridized carbons (Fsp3) is 0.364. The molecule has 0 N–H and O–H groups in total. The van der Waals surface area contributed by atoms with Crippen molar-refractivity contribution in [1.82, 2.24) is 0 Å². The van der Waals surface area contributed by atoms with Crippen molar-refractivity contribution in [3.05, 3.63) is 69.8 Å². The molecule has 9 heteroatoms. The molecule has 0 aliphatic heterocycles. The second-order valence-electron chi connectivity index (χ2n) is 7.76. The van der Waals surface area contributed by atoms with Gasteiger partial charge in [-0.2, -0.15) is 13.2 Å². The van der Waals surface area contributed by atoms with Crippen LogP contribution in [-0.4, -0.2) is 0 Å². The molecule has 2 aromatic carbocycles. The van der Waals surface area contributed by atoms with Crippen LogP contribution in [0.4, 0.5) is 39.5 Å². The summed E-state index contributed by atoms with van der Waals surface area (Å²) in [4.78, 5) is 0. The molecular weight excluding hydrogens is 435 g/mol. The molecule has 31 heavy (non-hydrogen) atoms. The molecular formula is C22H17F9. The maximum Gasteiger partial charge on any atom is 0.422 e. The standard InChI is InChI=1S/C22H17F9/c1-10-2-4-11(5-3-10)12-6-14(23)18(15(24)7-12)21(28)20(27)13-8-16(25)19(17(26)9-13)22(29,30)31/h6-11H,2-5H2,1H3/b21-20+. The van der Waals surface area contributed by atoms with Crippen LogP contribution in [0.25, 0.3) is 11.7 Å². The zero-order valence-corrected chi connectivity index (χ0v) is 16.2. The second kappa shape index (κ2) is 8.59. The van der Waals surface area contributed by atoms with Crippen LogP contribution in [0.3, 0.4) is 0 Å². The van der Waals surface area contributed by atoms with Crippen LogP contribution in [0, 0.1) is 29.2 Å². The van der Waals surface area contributed by atoms with Gasteiger partial charge in [0.25, 0.3) is 0 Å². The van der Waals surface area contributed by atoms with Crippen LogP contribution in [0.5, 0.6) is 0 Å². The van der Waals surface area contributed by atoms with Crippen molar-refractivity contribution in [3.8, 4) is 0 Å². The topological polar surface area (TPSA) is 0 Å². The third-order valence-electron chi connectivity index (χ3n) is 5.54. The fourth-order valence-corrected chi connectivity index (χ4v) is 3.84. The van der Waals surface area contributed by atoms with Crippen LogP contribution < -0.4 is 0 Å². The Kier molecular flexibility index (Phi) is 6.43. The van der Waals surface area contributed by atoms with E-state index in [1.807, 2.05) is 0 Å². The molecule has 0 radical (unpaired) electrons. The molecule has 0 heterocycles. The van der Waals surface area contributed by atoms with Gasteiger partial charge in [0.15, 0.2) is 11.7 Å². The Morgan fingerprint density at radius 3 is 1.68 bits per heavy atom. The Balaban J connectivity index is 2.01. The summed E-state index contributed by atoms with van der Waals surface area (Å²) in [6.07, 6.45) is -2.35. The molecule has 0 spiro atoms. The van der Waals surface area contributed by atoms with E-state index < -0.39 is 57.8 Å². The number of hydrogen-bond donors (Lipinski definition) is 0. The smallest absolute Gasteiger partial charge is 0.206 e. The fourth-order valence-electron chi connectivity index (χ4n) is 3.84. The molecule has 3 rings (SSSR count). The largest absolute Gasteiger partial charge is 0.422 e. The summed E-state index contributed by atoms with van der Waals surface area (Å²) in [6, 6.07) is 1.57. The van der Waals surface area contributed by atoms with Crippen LogP contribution in [0.1, 0.15) is 60.8 Å². The molecule has 2 aromatic rings. The first-order valence-electron chi connectivity index (χ1n) is 9.51. The molecule has 1 saturated carbocycles. The average molecular weight is 452 g/mol. The third-order valence-corrected chi connectivity index (χ3v) is 5.54. The third kappa shape index (κ3) is 4.75. The minimum absolute atomic E-state index is 0.0891. The maximum absolute atomic E-state index is 14.5. The Hall–Kier alpha value is -2.45. The van der Waals surface area contributed by atoms with Crippen molar-refractivity contribution in [3.63, 3.8) is 0 Å². The molecule has 0 aromatic heterocycles. The van der Waals surface area contributed by atoms with Crippen molar-refractivity contribution in [2.45, 2.75) is 44.7 Å². The van der Waals surface area contributed by atoms with E-state index in [1.54, 1.807) is 0 Å². The lowest BCUT2D eigenvalue weighted by atomic mass is 9.79. The van der Waals surface area contributed by atoms with E-state index in [0.29, 0.717) is 18.8 Å². The van der Waals surface area contributed by atoms with Gasteiger partial charge >= 0.3 is 6.18 Å². The lowest BCUT2D eigenvalue weighted by molar-refractivity contribution is -0.142. The molecule has 0 amide bonds. The van der Waals surface area contributed by atoms with Crippen LogP contribution >= 0.6 is 0 Å². The minimum atomic E-state index is -5.41. The summed E-state index contributed by atoms with van der Waals surface area (Å²) < 4.78 is 123. The Bertz CT molecular complexity index is 966. The zero-order valence-electron chi connectivity index (χ0n) is 16.2. The van der Waals surface area contributed by atoms with Crippen LogP contribution in [-0.2, 0) is 6.18 Å². The lowest BCUT2D eigenvalue weighted by Crippen LogP contribution is -2.12. The van der Waals surface area contributed by atoms with Gasteiger partial charge in [0.05, 0.1) is 5.56 Å². The highest BCUT2D eigenvalue weighted by Crippen LogP contribution is 2.40. The summed E-state index contributed by atoms with van der Waals surface area (Å²) in [7, 11) is 0. The predicted molar refractivity (Wildman–Crippen MR) is 97.1 cm³/mol. The summed E-state index contributed by atoms with van der Waals surface area (Å²) in [5.41, 5.74) is -4.66. The van der Waals surface area contributed by atoms with Crippen molar-refractivity contribution < 1.29 is 39.5 Å². The number of alkyl halides is 3. The normalized spacial score (nSPS) is 20.6. The van der Waals surface area contributed by atoms with E-state index in [0.717, 1.165) is 25.0 Å². The second-order valence-corrected chi connectivity index (χ2v) is 7.76. The summed E-state index contributed by atoms with van der Waals surface area (Å²) >= 11 is 0. The average Bonchev–Trinajstić information content (AvgIpc) is 2.65. The van der Waals surface area contributed by atoms with E-state index >= 15 is 0 Å². The molecule has 168 valence electrons. The molecule has 0 nitrogen and oxygen atoms in total. The van der Waals surface area contributed by atoms with Crippen LogP contribution in [0.15, 0.2) is 24.3 Å². The summed E-state index contributed by atoms with van der Waals surface area (Å²) in [5.74, 6) is -11.1. The highest BCUT2D eigenvalue weighted by Gasteiger charge is 2.38. The monoisotopic (exact) mass is 452 g/mol. The first-order chi connectivity index (χ1) is 14.4. The summed E-state index contributed by atoms with van der Waals surface area (Å²) in [5, 5.41) is 0. The van der Waals surface area contributed by atoms with Gasteiger partial charge in [-0.25, -0.2) is 26.3 Å². The molecule has 0 bridgehead atoms. The highest BCUT2D eigenvalue weighted by atomic mass is 19.4. The lowest BCUT2D eigenvalue weighted by Gasteiger charge is -2.26. The molecule has 1 aliphatic rings. The number of hydrogen-bond acceptors (Lipinski definition) is 0. The number of benzene rings is 2. The van der Waals surface area contributed by atoms with E-state index in [-0.39, 0.29) is 23.6 Å². The van der Waals surface area contributed by atoms with Crippen molar-refractivity contribution in [2.75, 3.05) is 0 Å². The highest BCUT2D eigenvalue weighted by molar-refractivity contribution is 5.83. The zero-order chi connectivity index (χ0) is 23.1. The van der Waals surface area contributed by atoms with Gasteiger partial charge < -0.3 is 0 Å². The molecule has 0 saturated heterocycles. The van der Waals surface area contributed by atoms with Crippen LogP contribution in [0.2, 0.25) is 0 Å².